The second kappa shape index (κ2) is 12.3. The Morgan fingerprint density at radius 2 is 1.79 bits per heavy atom. The van der Waals surface area contributed by atoms with E-state index in [0.717, 1.165) is 11.3 Å². The maximum atomic E-state index is 13.2. The zero-order valence-electron chi connectivity index (χ0n) is 20.8. The molecule has 1 aromatic heterocycles. The van der Waals surface area contributed by atoms with Gasteiger partial charge in [0.15, 0.2) is 16.7 Å². The zero-order chi connectivity index (χ0) is 27.2. The molecule has 0 aliphatic heterocycles. The first-order valence-electron chi connectivity index (χ1n) is 11.4. The summed E-state index contributed by atoms with van der Waals surface area (Å²) in [6, 6.07) is 16.9. The van der Waals surface area contributed by atoms with Gasteiger partial charge in [0.05, 0.1) is 18.7 Å². The van der Waals surface area contributed by atoms with E-state index in [2.05, 4.69) is 26.1 Å². The quantitative estimate of drug-likeness (QED) is 0.114. The molecule has 0 N–H and O–H groups in total. The van der Waals surface area contributed by atoms with Crippen molar-refractivity contribution in [2.45, 2.75) is 23.9 Å². The monoisotopic (exact) mass is 602 g/mol. The van der Waals surface area contributed by atoms with Crippen molar-refractivity contribution in [2.24, 2.45) is 0 Å². The lowest BCUT2D eigenvalue weighted by Crippen LogP contribution is -2.12. The van der Waals surface area contributed by atoms with Crippen molar-refractivity contribution in [3.8, 4) is 22.9 Å². The molecule has 0 spiro atoms. The number of ether oxygens (including phenoxy) is 3. The minimum absolute atomic E-state index is 0.186. The molecule has 0 amide bonds. The third-order valence-electron chi connectivity index (χ3n) is 5.61. The van der Waals surface area contributed by atoms with Crippen LogP contribution in [0.1, 0.15) is 22.2 Å². The van der Waals surface area contributed by atoms with Crippen molar-refractivity contribution >= 4 is 27.7 Å². The molecule has 0 unspecified atom stereocenters. The largest absolute Gasteiger partial charge is 0.497 e. The van der Waals surface area contributed by atoms with E-state index in [-0.39, 0.29) is 23.9 Å². The maximum Gasteiger partial charge on any atom is 0.220 e. The first-order valence-corrected chi connectivity index (χ1v) is 13.1. The maximum absolute atomic E-state index is 13.2. The van der Waals surface area contributed by atoms with E-state index in [0.29, 0.717) is 38.3 Å². The van der Waals surface area contributed by atoms with Gasteiger partial charge in [0.25, 0.3) is 0 Å². The highest BCUT2D eigenvalue weighted by atomic mass is 79.9. The Labute approximate surface area is 231 Å². The van der Waals surface area contributed by atoms with Crippen molar-refractivity contribution in [3.05, 3.63) is 98.0 Å². The fraction of sp³-hybridized carbons (Fsp3) is 0.231. The Morgan fingerprint density at radius 1 is 1.08 bits per heavy atom. The fourth-order valence-corrected chi connectivity index (χ4v) is 5.45. The summed E-state index contributed by atoms with van der Waals surface area (Å²) in [6.45, 7) is 1.65. The number of methoxy groups -OCH3 is 2. The van der Waals surface area contributed by atoms with Crippen LogP contribution in [0.2, 0.25) is 0 Å². The summed E-state index contributed by atoms with van der Waals surface area (Å²) >= 11 is 4.76. The van der Waals surface area contributed by atoms with Gasteiger partial charge in [0.1, 0.15) is 29.2 Å². The molecule has 0 aliphatic carbocycles. The molecule has 9 nitrogen and oxygen atoms in total. The number of aryl methyl sites for hydroxylation is 1. The first-order chi connectivity index (χ1) is 18.3. The molecule has 3 aromatic carbocycles. The van der Waals surface area contributed by atoms with Gasteiger partial charge in [0.2, 0.25) is 6.54 Å². The summed E-state index contributed by atoms with van der Waals surface area (Å²) in [5, 5.41) is 20.0. The number of hydrogen-bond acceptors (Lipinski definition) is 8. The average molecular weight is 603 g/mol. The summed E-state index contributed by atoms with van der Waals surface area (Å²) < 4.78 is 32.4. The summed E-state index contributed by atoms with van der Waals surface area (Å²) in [5.74, 6) is 1.85. The van der Waals surface area contributed by atoms with Crippen molar-refractivity contribution in [2.75, 3.05) is 20.8 Å². The fourth-order valence-electron chi connectivity index (χ4n) is 3.72. The average Bonchev–Trinajstić information content (AvgIpc) is 3.27. The number of benzene rings is 3. The molecule has 0 saturated heterocycles. The molecular formula is C26H24BrFN4O5S. The molecule has 0 fully saturated rings. The van der Waals surface area contributed by atoms with Crippen LogP contribution in [0.5, 0.6) is 17.2 Å². The topological polar surface area (TPSA) is 102 Å². The Morgan fingerprint density at radius 3 is 2.42 bits per heavy atom. The normalized spacial score (nSPS) is 11.7. The van der Waals surface area contributed by atoms with Crippen molar-refractivity contribution in [1.29, 1.82) is 0 Å². The van der Waals surface area contributed by atoms with Crippen LogP contribution in [0.3, 0.4) is 0 Å². The van der Waals surface area contributed by atoms with Crippen LogP contribution in [0.4, 0.5) is 4.39 Å². The summed E-state index contributed by atoms with van der Waals surface area (Å²) in [4.78, 5) is 11.3. The van der Waals surface area contributed by atoms with E-state index in [1.807, 2.05) is 35.8 Å². The first kappa shape index (κ1) is 27.4. The molecule has 12 heteroatoms. The van der Waals surface area contributed by atoms with E-state index < -0.39 is 5.25 Å². The number of thioether (sulfide) groups is 1. The predicted octanol–water partition coefficient (Wildman–Crippen LogP) is 6.18. The smallest absolute Gasteiger partial charge is 0.220 e. The summed E-state index contributed by atoms with van der Waals surface area (Å²) in [7, 11) is 3.09. The van der Waals surface area contributed by atoms with Crippen LogP contribution >= 0.6 is 27.7 Å². The highest BCUT2D eigenvalue weighted by molar-refractivity contribution is 9.10. The Kier molecular flexibility index (Phi) is 8.85. The third kappa shape index (κ3) is 6.43. The molecule has 0 aliphatic rings. The highest BCUT2D eigenvalue weighted by Crippen LogP contribution is 2.43. The van der Waals surface area contributed by atoms with Crippen LogP contribution < -0.4 is 14.2 Å². The number of nitrogens with zero attached hydrogens (tertiary/aromatic N) is 4. The lowest BCUT2D eigenvalue weighted by molar-refractivity contribution is -0.479. The zero-order valence-corrected chi connectivity index (χ0v) is 23.2. The van der Waals surface area contributed by atoms with Gasteiger partial charge in [-0.25, -0.2) is 4.39 Å². The number of halogens is 2. The van der Waals surface area contributed by atoms with Crippen molar-refractivity contribution in [3.63, 3.8) is 0 Å². The Bertz CT molecular complexity index is 1420. The summed E-state index contributed by atoms with van der Waals surface area (Å²) in [5.41, 5.74) is 2.23. The van der Waals surface area contributed by atoms with E-state index in [1.165, 1.54) is 31.0 Å². The van der Waals surface area contributed by atoms with Gasteiger partial charge in [-0.1, -0.05) is 23.9 Å². The van der Waals surface area contributed by atoms with Crippen molar-refractivity contribution < 1.29 is 23.5 Å². The molecule has 0 bridgehead atoms. The molecule has 38 heavy (non-hydrogen) atoms. The Hall–Kier alpha value is -3.64. The van der Waals surface area contributed by atoms with Gasteiger partial charge in [-0.3, -0.25) is 14.7 Å². The number of aromatic nitrogens is 3. The molecule has 0 radical (unpaired) electrons. The Balaban J connectivity index is 1.64. The van der Waals surface area contributed by atoms with Crippen LogP contribution in [-0.4, -0.2) is 40.5 Å². The second-order valence-corrected chi connectivity index (χ2v) is 10.2. The number of rotatable bonds is 11. The van der Waals surface area contributed by atoms with Crippen LogP contribution in [-0.2, 0) is 6.61 Å². The second-order valence-electron chi connectivity index (χ2n) is 8.13. The third-order valence-corrected chi connectivity index (χ3v) is 7.38. The van der Waals surface area contributed by atoms with E-state index in [4.69, 9.17) is 14.2 Å². The van der Waals surface area contributed by atoms with E-state index in [1.54, 1.807) is 31.4 Å². The van der Waals surface area contributed by atoms with Gasteiger partial charge >= 0.3 is 0 Å². The van der Waals surface area contributed by atoms with Gasteiger partial charge in [0, 0.05) is 10.6 Å². The molecule has 4 rings (SSSR count). The van der Waals surface area contributed by atoms with E-state index in [9.17, 15) is 14.5 Å². The standard InChI is InChI=1S/C26H24BrFN4O5S/c1-16-29-30-26(32(16)20-8-10-21(35-2)11-9-20)38-24(14-31(33)34)18-12-22(27)25(23(13-18)36-3)37-15-17-4-6-19(28)7-5-17/h4-13,24H,14-15H2,1-3H3/t24-/m1/s1. The molecule has 4 aromatic rings. The highest BCUT2D eigenvalue weighted by Gasteiger charge is 2.26. The minimum Gasteiger partial charge on any atom is -0.497 e. The SMILES string of the molecule is COc1ccc(-n2c(C)nnc2S[C@H](C[N+](=O)[O-])c2cc(Br)c(OCc3ccc(F)cc3)c(OC)c2)cc1. The lowest BCUT2D eigenvalue weighted by atomic mass is 10.1. The summed E-state index contributed by atoms with van der Waals surface area (Å²) in [6.07, 6.45) is 0. The van der Waals surface area contributed by atoms with Crippen LogP contribution in [0, 0.1) is 22.9 Å². The molecule has 1 heterocycles. The molecule has 1 atom stereocenters. The minimum atomic E-state index is -0.609. The van der Waals surface area contributed by atoms with Crippen molar-refractivity contribution in [1.82, 2.24) is 14.8 Å². The van der Waals surface area contributed by atoms with Gasteiger partial charge < -0.3 is 14.2 Å². The molecular weight excluding hydrogens is 579 g/mol. The lowest BCUT2D eigenvalue weighted by Gasteiger charge is -2.18. The van der Waals surface area contributed by atoms with Gasteiger partial charge in [-0.05, 0) is 82.5 Å². The van der Waals surface area contributed by atoms with Gasteiger partial charge in [-0.2, -0.15) is 0 Å². The number of nitro groups is 1. The van der Waals surface area contributed by atoms with Gasteiger partial charge in [-0.15, -0.1) is 10.2 Å². The van der Waals surface area contributed by atoms with E-state index >= 15 is 0 Å². The number of hydrogen-bond donors (Lipinski definition) is 0. The molecule has 198 valence electrons. The predicted molar refractivity (Wildman–Crippen MR) is 145 cm³/mol. The van der Waals surface area contributed by atoms with Crippen LogP contribution in [0.25, 0.3) is 5.69 Å². The van der Waals surface area contributed by atoms with Crippen LogP contribution in [0.15, 0.2) is 70.3 Å². The molecule has 0 saturated carbocycles.